The minimum absolute atomic E-state index is 0.282. The van der Waals surface area contributed by atoms with Gasteiger partial charge in [0.05, 0.1) is 18.0 Å². The number of hydrogen-bond acceptors (Lipinski definition) is 7. The lowest BCUT2D eigenvalue weighted by atomic mass is 10.0. The SMILES string of the molecule is Cc1cc(C)c(Nc2nc(NC3CCN(Cc4ccccc4C#N)CC3)nc3nc[nH]c23)c(C)c1. The molecule has 0 bridgehead atoms. The zero-order chi connectivity index (χ0) is 24.4. The molecule has 0 saturated carbocycles. The number of nitrogens with one attached hydrogen (secondary N) is 3. The quantitative estimate of drug-likeness (QED) is 0.368. The highest BCUT2D eigenvalue weighted by Gasteiger charge is 2.22. The Morgan fingerprint density at radius 1 is 1.09 bits per heavy atom. The number of nitrogens with zero attached hydrogens (tertiary/aromatic N) is 5. The first kappa shape index (κ1) is 22.8. The number of hydrogen-bond donors (Lipinski definition) is 3. The van der Waals surface area contributed by atoms with Crippen LogP contribution >= 0.6 is 0 Å². The minimum Gasteiger partial charge on any atom is -0.351 e. The fraction of sp³-hybridized carbons (Fsp3) is 0.333. The third-order valence-corrected chi connectivity index (χ3v) is 6.66. The van der Waals surface area contributed by atoms with Gasteiger partial charge in [-0.15, -0.1) is 0 Å². The first-order valence-electron chi connectivity index (χ1n) is 12.0. The standard InChI is InChI=1S/C27H30N8/c1-17-12-18(2)23(19(3)13-17)32-26-24-25(30-16-29-24)33-27(34-26)31-22-8-10-35(11-9-22)15-21-7-5-4-6-20(21)14-28/h4-7,12-13,16,22H,8-11,15H2,1-3H3,(H3,29,30,31,32,33,34). The zero-order valence-corrected chi connectivity index (χ0v) is 20.4. The lowest BCUT2D eigenvalue weighted by Gasteiger charge is -2.32. The molecule has 0 aliphatic carbocycles. The van der Waals surface area contributed by atoms with Gasteiger partial charge in [-0.2, -0.15) is 15.2 Å². The molecule has 0 spiro atoms. The van der Waals surface area contributed by atoms with Gasteiger partial charge in [0.25, 0.3) is 0 Å². The van der Waals surface area contributed by atoms with Gasteiger partial charge in [0.15, 0.2) is 11.5 Å². The first-order valence-corrected chi connectivity index (χ1v) is 12.0. The number of aromatic amines is 1. The van der Waals surface area contributed by atoms with Crippen molar-refractivity contribution >= 4 is 28.6 Å². The minimum atomic E-state index is 0.282. The summed E-state index contributed by atoms with van der Waals surface area (Å²) in [5.41, 5.74) is 7.92. The van der Waals surface area contributed by atoms with Crippen LogP contribution in [0.3, 0.4) is 0 Å². The van der Waals surface area contributed by atoms with Crippen LogP contribution in [0.4, 0.5) is 17.5 Å². The third kappa shape index (κ3) is 4.96. The summed E-state index contributed by atoms with van der Waals surface area (Å²) in [7, 11) is 0. The summed E-state index contributed by atoms with van der Waals surface area (Å²) in [6.07, 6.45) is 3.62. The Morgan fingerprint density at radius 3 is 2.57 bits per heavy atom. The smallest absolute Gasteiger partial charge is 0.227 e. The van der Waals surface area contributed by atoms with E-state index in [9.17, 15) is 5.26 Å². The lowest BCUT2D eigenvalue weighted by Crippen LogP contribution is -2.39. The first-order chi connectivity index (χ1) is 17.0. The summed E-state index contributed by atoms with van der Waals surface area (Å²) in [5.74, 6) is 1.30. The molecule has 3 heterocycles. The second kappa shape index (κ2) is 9.72. The van der Waals surface area contributed by atoms with Gasteiger partial charge in [-0.3, -0.25) is 4.90 Å². The van der Waals surface area contributed by atoms with Crippen molar-refractivity contribution in [1.29, 1.82) is 5.26 Å². The maximum Gasteiger partial charge on any atom is 0.227 e. The Balaban J connectivity index is 1.29. The van der Waals surface area contributed by atoms with Crippen LogP contribution in [0.2, 0.25) is 0 Å². The molecule has 1 aliphatic rings. The lowest BCUT2D eigenvalue weighted by molar-refractivity contribution is 0.211. The van der Waals surface area contributed by atoms with Crippen LogP contribution in [-0.4, -0.2) is 44.0 Å². The molecule has 1 aliphatic heterocycles. The van der Waals surface area contributed by atoms with E-state index in [1.165, 1.54) is 16.7 Å². The monoisotopic (exact) mass is 466 g/mol. The van der Waals surface area contributed by atoms with Crippen LogP contribution in [0.5, 0.6) is 0 Å². The van der Waals surface area contributed by atoms with Crippen molar-refractivity contribution in [2.75, 3.05) is 23.7 Å². The summed E-state index contributed by atoms with van der Waals surface area (Å²) >= 11 is 0. The van der Waals surface area contributed by atoms with Crippen molar-refractivity contribution in [3.8, 4) is 6.07 Å². The molecule has 1 saturated heterocycles. The average molecular weight is 467 g/mol. The average Bonchev–Trinajstić information content (AvgIpc) is 3.32. The molecule has 0 amide bonds. The molecule has 1 fully saturated rings. The van der Waals surface area contributed by atoms with Crippen molar-refractivity contribution in [1.82, 2.24) is 24.8 Å². The molecule has 5 rings (SSSR count). The Hall–Kier alpha value is -3.96. The second-order valence-corrected chi connectivity index (χ2v) is 9.36. The van der Waals surface area contributed by atoms with Gasteiger partial charge < -0.3 is 15.6 Å². The second-order valence-electron chi connectivity index (χ2n) is 9.36. The number of nitriles is 1. The molecule has 8 nitrogen and oxygen atoms in total. The van der Waals surface area contributed by atoms with E-state index < -0.39 is 0 Å². The molecule has 0 radical (unpaired) electrons. The van der Waals surface area contributed by atoms with Crippen LogP contribution in [-0.2, 0) is 6.54 Å². The van der Waals surface area contributed by atoms with Gasteiger partial charge in [-0.1, -0.05) is 35.9 Å². The van der Waals surface area contributed by atoms with Gasteiger partial charge in [-0.25, -0.2) is 4.98 Å². The normalized spacial score (nSPS) is 14.7. The van der Waals surface area contributed by atoms with Crippen LogP contribution in [0.25, 0.3) is 11.2 Å². The van der Waals surface area contributed by atoms with Gasteiger partial charge in [0.1, 0.15) is 5.52 Å². The Labute approximate surface area is 205 Å². The van der Waals surface area contributed by atoms with Crippen LogP contribution in [0, 0.1) is 32.1 Å². The third-order valence-electron chi connectivity index (χ3n) is 6.66. The van der Waals surface area contributed by atoms with Crippen molar-refractivity contribution in [2.24, 2.45) is 0 Å². The van der Waals surface area contributed by atoms with Crippen molar-refractivity contribution in [3.63, 3.8) is 0 Å². The maximum absolute atomic E-state index is 9.37. The van der Waals surface area contributed by atoms with Gasteiger partial charge in [0.2, 0.25) is 5.95 Å². The van der Waals surface area contributed by atoms with Gasteiger partial charge >= 0.3 is 0 Å². The fourth-order valence-electron chi connectivity index (χ4n) is 4.91. The molecule has 2 aromatic carbocycles. The number of likely N-dealkylation sites (tertiary alicyclic amines) is 1. The number of H-pyrrole nitrogens is 1. The molecule has 0 atom stereocenters. The van der Waals surface area contributed by atoms with E-state index in [2.05, 4.69) is 69.5 Å². The van der Waals surface area contributed by atoms with Crippen LogP contribution in [0.15, 0.2) is 42.7 Å². The van der Waals surface area contributed by atoms with Gasteiger partial charge in [-0.05, 0) is 56.4 Å². The number of aromatic nitrogens is 4. The van der Waals surface area contributed by atoms with Gasteiger partial charge in [0, 0.05) is 31.4 Å². The number of rotatable bonds is 6. The number of anilines is 3. The molecule has 2 aromatic heterocycles. The molecule has 0 unspecified atom stereocenters. The summed E-state index contributed by atoms with van der Waals surface area (Å²) in [5, 5.41) is 16.4. The molecule has 3 N–H and O–H groups in total. The summed E-state index contributed by atoms with van der Waals surface area (Å²) < 4.78 is 0. The van der Waals surface area contributed by atoms with E-state index in [-0.39, 0.29) is 6.04 Å². The van der Waals surface area contributed by atoms with Crippen LogP contribution < -0.4 is 10.6 Å². The highest BCUT2D eigenvalue weighted by Crippen LogP contribution is 2.29. The van der Waals surface area contributed by atoms with Crippen molar-refractivity contribution in [3.05, 3.63) is 70.5 Å². The fourth-order valence-corrected chi connectivity index (χ4v) is 4.91. The Kier molecular flexibility index (Phi) is 6.34. The summed E-state index contributed by atoms with van der Waals surface area (Å²) in [4.78, 5) is 19.4. The Morgan fingerprint density at radius 2 is 1.83 bits per heavy atom. The highest BCUT2D eigenvalue weighted by molar-refractivity contribution is 5.87. The van der Waals surface area contributed by atoms with E-state index in [1.54, 1.807) is 6.33 Å². The topological polar surface area (TPSA) is 106 Å². The van der Waals surface area contributed by atoms with E-state index in [4.69, 9.17) is 4.98 Å². The van der Waals surface area contributed by atoms with Crippen molar-refractivity contribution in [2.45, 2.75) is 46.2 Å². The number of aryl methyl sites for hydroxylation is 3. The maximum atomic E-state index is 9.37. The zero-order valence-electron chi connectivity index (χ0n) is 20.4. The predicted octanol–water partition coefficient (Wildman–Crippen LogP) is 4.97. The predicted molar refractivity (Wildman–Crippen MR) is 139 cm³/mol. The largest absolute Gasteiger partial charge is 0.351 e. The van der Waals surface area contributed by atoms with E-state index >= 15 is 0 Å². The molecule has 35 heavy (non-hydrogen) atoms. The number of piperidine rings is 1. The Bertz CT molecular complexity index is 1370. The highest BCUT2D eigenvalue weighted by atomic mass is 15.2. The number of benzene rings is 2. The van der Waals surface area contributed by atoms with E-state index in [0.29, 0.717) is 11.6 Å². The number of imidazole rings is 1. The van der Waals surface area contributed by atoms with Crippen molar-refractivity contribution < 1.29 is 0 Å². The van der Waals surface area contributed by atoms with E-state index in [1.807, 2.05) is 24.3 Å². The molecular weight excluding hydrogens is 436 g/mol. The molecule has 8 heteroatoms. The molecular formula is C27H30N8. The van der Waals surface area contributed by atoms with E-state index in [0.717, 1.165) is 60.6 Å². The summed E-state index contributed by atoms with van der Waals surface area (Å²) in [6.45, 7) is 9.03. The molecule has 178 valence electrons. The number of fused-ring (bicyclic) bond motifs is 1. The summed E-state index contributed by atoms with van der Waals surface area (Å²) in [6, 6.07) is 14.8. The van der Waals surface area contributed by atoms with Crippen LogP contribution in [0.1, 0.15) is 40.7 Å². The molecule has 4 aromatic rings.